The van der Waals surface area contributed by atoms with Crippen molar-refractivity contribution < 1.29 is 23.7 Å². The van der Waals surface area contributed by atoms with Crippen molar-refractivity contribution in [2.24, 2.45) is 5.92 Å². The Morgan fingerprint density at radius 2 is 1.55 bits per heavy atom. The molecule has 2 heterocycles. The highest BCUT2D eigenvalue weighted by molar-refractivity contribution is 5.59. The Bertz CT molecular complexity index is 529. The van der Waals surface area contributed by atoms with Crippen molar-refractivity contribution in [1.29, 1.82) is 0 Å². The van der Waals surface area contributed by atoms with Crippen molar-refractivity contribution in [2.75, 3.05) is 26.4 Å². The van der Waals surface area contributed by atoms with Crippen LogP contribution in [-0.2, 0) is 35.3 Å². The highest BCUT2D eigenvalue weighted by Gasteiger charge is 2.58. The molecule has 2 aliphatic heterocycles. The fourth-order valence-electron chi connectivity index (χ4n) is 3.52. The minimum atomic E-state index is -0.973. The second kappa shape index (κ2) is 4.36. The van der Waals surface area contributed by atoms with Crippen LogP contribution in [0.3, 0.4) is 0 Å². The van der Waals surface area contributed by atoms with Crippen molar-refractivity contribution in [1.82, 2.24) is 0 Å². The topological polar surface area (TPSA) is 54.0 Å². The van der Waals surface area contributed by atoms with Gasteiger partial charge in [-0.2, -0.15) is 0 Å². The van der Waals surface area contributed by atoms with E-state index in [9.17, 15) is 4.79 Å². The first kappa shape index (κ1) is 12.5. The summed E-state index contributed by atoms with van der Waals surface area (Å²) in [5.41, 5.74) is 1.76. The van der Waals surface area contributed by atoms with E-state index in [0.29, 0.717) is 32.8 Å². The van der Waals surface area contributed by atoms with E-state index in [-0.39, 0.29) is 0 Å². The summed E-state index contributed by atoms with van der Waals surface area (Å²) < 4.78 is 23.4. The van der Waals surface area contributed by atoms with Gasteiger partial charge in [-0.1, -0.05) is 24.3 Å². The monoisotopic (exact) mass is 276 g/mol. The molecule has 5 nitrogen and oxygen atoms in total. The highest BCUT2D eigenvalue weighted by atomic mass is 16.8. The summed E-state index contributed by atoms with van der Waals surface area (Å²) in [5, 5.41) is 0. The first-order valence-corrected chi connectivity index (χ1v) is 6.92. The second-order valence-electron chi connectivity index (χ2n) is 5.31. The number of hydrogen-bond donors (Lipinski definition) is 0. The van der Waals surface area contributed by atoms with E-state index in [1.54, 1.807) is 0 Å². The van der Waals surface area contributed by atoms with Gasteiger partial charge in [0.2, 0.25) is 5.79 Å². The van der Waals surface area contributed by atoms with E-state index >= 15 is 0 Å². The van der Waals surface area contributed by atoms with E-state index in [0.717, 1.165) is 17.4 Å². The minimum Gasteiger partial charge on any atom is -0.343 e. The molecule has 4 rings (SSSR count). The predicted molar refractivity (Wildman–Crippen MR) is 67.8 cm³/mol. The average molecular weight is 276 g/mol. The van der Waals surface area contributed by atoms with Gasteiger partial charge in [0.25, 0.3) is 0 Å². The first-order chi connectivity index (χ1) is 9.81. The zero-order valence-corrected chi connectivity index (χ0v) is 11.0. The van der Waals surface area contributed by atoms with Gasteiger partial charge in [-0.05, 0) is 0 Å². The van der Waals surface area contributed by atoms with Crippen LogP contribution in [0, 0.1) is 5.92 Å². The van der Waals surface area contributed by atoms with Gasteiger partial charge in [-0.25, -0.2) is 0 Å². The Balaban J connectivity index is 1.92. The Morgan fingerprint density at radius 3 is 2.20 bits per heavy atom. The maximum Gasteiger partial charge on any atom is 0.205 e. The molecule has 1 aliphatic carbocycles. The SMILES string of the molecule is O=CC1CC2(OCCO2)c2ccccc2C12OCCO2. The Kier molecular flexibility index (Phi) is 2.72. The Labute approximate surface area is 116 Å². The standard InChI is InChI=1S/C15H16O5/c16-10-11-9-14(17-5-6-18-14)12-3-1-2-4-13(12)15(11)19-7-8-20-15/h1-4,10-11H,5-9H2. The molecule has 0 amide bonds. The van der Waals surface area contributed by atoms with Crippen LogP contribution in [0.2, 0.25) is 0 Å². The third-order valence-corrected chi connectivity index (χ3v) is 4.32. The molecule has 0 bridgehead atoms. The van der Waals surface area contributed by atoms with Gasteiger partial charge in [0, 0.05) is 17.5 Å². The molecule has 20 heavy (non-hydrogen) atoms. The summed E-state index contributed by atoms with van der Waals surface area (Å²) in [5.74, 6) is -2.24. The third-order valence-electron chi connectivity index (χ3n) is 4.32. The van der Waals surface area contributed by atoms with Crippen LogP contribution in [0.15, 0.2) is 24.3 Å². The zero-order chi connectivity index (χ0) is 13.6. The van der Waals surface area contributed by atoms with Crippen molar-refractivity contribution >= 4 is 6.29 Å². The molecule has 0 aromatic heterocycles. The predicted octanol–water partition coefficient (Wildman–Crippen LogP) is 1.30. The van der Waals surface area contributed by atoms with Crippen LogP contribution in [0.25, 0.3) is 0 Å². The lowest BCUT2D eigenvalue weighted by Crippen LogP contribution is -2.49. The van der Waals surface area contributed by atoms with E-state index in [4.69, 9.17) is 18.9 Å². The molecule has 1 aromatic carbocycles. The summed E-state index contributed by atoms with van der Waals surface area (Å²) in [7, 11) is 0. The summed E-state index contributed by atoms with van der Waals surface area (Å²) in [6, 6.07) is 7.76. The van der Waals surface area contributed by atoms with Crippen LogP contribution >= 0.6 is 0 Å². The molecule has 2 saturated heterocycles. The van der Waals surface area contributed by atoms with Gasteiger partial charge in [0.1, 0.15) is 6.29 Å². The summed E-state index contributed by atoms with van der Waals surface area (Å²) in [4.78, 5) is 11.6. The molecule has 1 unspecified atom stereocenters. The molecule has 0 radical (unpaired) electrons. The minimum absolute atomic E-state index is 0.424. The highest BCUT2D eigenvalue weighted by Crippen LogP contribution is 2.53. The largest absolute Gasteiger partial charge is 0.343 e. The molecule has 1 atom stereocenters. The van der Waals surface area contributed by atoms with Crippen molar-refractivity contribution in [2.45, 2.75) is 18.0 Å². The van der Waals surface area contributed by atoms with Gasteiger partial charge in [0.05, 0.1) is 32.3 Å². The van der Waals surface area contributed by atoms with E-state index in [1.807, 2.05) is 24.3 Å². The maximum atomic E-state index is 11.6. The molecule has 0 saturated carbocycles. The van der Waals surface area contributed by atoms with Gasteiger partial charge < -0.3 is 23.7 Å². The number of rotatable bonds is 1. The van der Waals surface area contributed by atoms with E-state index < -0.39 is 17.5 Å². The van der Waals surface area contributed by atoms with Crippen molar-refractivity contribution in [3.8, 4) is 0 Å². The fourth-order valence-corrected chi connectivity index (χ4v) is 3.52. The first-order valence-electron chi connectivity index (χ1n) is 6.92. The lowest BCUT2D eigenvalue weighted by atomic mass is 9.75. The number of ether oxygens (including phenoxy) is 4. The lowest BCUT2D eigenvalue weighted by molar-refractivity contribution is -0.257. The van der Waals surface area contributed by atoms with Crippen molar-refractivity contribution in [3.05, 3.63) is 35.4 Å². The number of fused-ring (bicyclic) bond motifs is 3. The summed E-state index contributed by atoms with van der Waals surface area (Å²) in [6.45, 7) is 2.06. The Hall–Kier alpha value is -1.27. The van der Waals surface area contributed by atoms with Crippen molar-refractivity contribution in [3.63, 3.8) is 0 Å². The van der Waals surface area contributed by atoms with Gasteiger partial charge in [-0.15, -0.1) is 0 Å². The molecule has 1 aromatic rings. The summed E-state index contributed by atoms with van der Waals surface area (Å²) in [6.07, 6.45) is 1.32. The molecular formula is C15H16O5. The van der Waals surface area contributed by atoms with Crippen LogP contribution in [0.1, 0.15) is 17.5 Å². The molecule has 5 heteroatoms. The third kappa shape index (κ3) is 1.49. The van der Waals surface area contributed by atoms with Crippen LogP contribution < -0.4 is 0 Å². The van der Waals surface area contributed by atoms with Crippen LogP contribution in [-0.4, -0.2) is 32.7 Å². The van der Waals surface area contributed by atoms with Gasteiger partial charge in [-0.3, -0.25) is 0 Å². The Morgan fingerprint density at radius 1 is 0.950 bits per heavy atom. The smallest absolute Gasteiger partial charge is 0.205 e. The molecular weight excluding hydrogens is 260 g/mol. The molecule has 0 N–H and O–H groups in total. The number of aldehydes is 1. The van der Waals surface area contributed by atoms with Gasteiger partial charge in [0.15, 0.2) is 5.79 Å². The van der Waals surface area contributed by atoms with Crippen LogP contribution in [0.5, 0.6) is 0 Å². The summed E-state index contributed by atoms with van der Waals surface area (Å²) >= 11 is 0. The second-order valence-corrected chi connectivity index (χ2v) is 5.31. The molecule has 106 valence electrons. The fraction of sp³-hybridized carbons (Fsp3) is 0.533. The number of carbonyl (C=O) groups excluding carboxylic acids is 1. The quantitative estimate of drug-likeness (QED) is 0.724. The normalized spacial score (nSPS) is 29.7. The average Bonchev–Trinajstić information content (AvgIpc) is 3.15. The molecule has 2 fully saturated rings. The maximum absolute atomic E-state index is 11.6. The number of carbonyl (C=O) groups is 1. The number of benzene rings is 1. The molecule has 3 aliphatic rings. The van der Waals surface area contributed by atoms with Gasteiger partial charge >= 0.3 is 0 Å². The van der Waals surface area contributed by atoms with Crippen LogP contribution in [0.4, 0.5) is 0 Å². The number of hydrogen-bond acceptors (Lipinski definition) is 5. The zero-order valence-electron chi connectivity index (χ0n) is 11.0. The molecule has 2 spiro atoms. The lowest BCUT2D eigenvalue weighted by Gasteiger charge is -2.45. The van der Waals surface area contributed by atoms with E-state index in [1.165, 1.54) is 0 Å². The van der Waals surface area contributed by atoms with E-state index in [2.05, 4.69) is 0 Å².